The topological polar surface area (TPSA) is 55.9 Å². The van der Waals surface area contributed by atoms with E-state index >= 15 is 0 Å². The summed E-state index contributed by atoms with van der Waals surface area (Å²) in [5.74, 6) is 1.55. The molecule has 17 heavy (non-hydrogen) atoms. The first-order valence-electron chi connectivity index (χ1n) is 5.90. The average molecular weight is 234 g/mol. The van der Waals surface area contributed by atoms with Crippen molar-refractivity contribution in [2.75, 3.05) is 6.54 Å². The van der Waals surface area contributed by atoms with Crippen LogP contribution in [-0.2, 0) is 13.1 Å². The van der Waals surface area contributed by atoms with Gasteiger partial charge in [-0.25, -0.2) is 9.97 Å². The van der Waals surface area contributed by atoms with Crippen LogP contribution in [0.4, 0.5) is 0 Å². The van der Waals surface area contributed by atoms with Crippen LogP contribution in [0.1, 0.15) is 30.7 Å². The van der Waals surface area contributed by atoms with Crippen molar-refractivity contribution in [3.8, 4) is 0 Å². The molecule has 0 saturated carbocycles. The van der Waals surface area contributed by atoms with E-state index in [9.17, 15) is 0 Å². The number of aromatic nitrogens is 3. The van der Waals surface area contributed by atoms with Crippen molar-refractivity contribution in [1.29, 1.82) is 0 Å². The second kappa shape index (κ2) is 5.63. The van der Waals surface area contributed by atoms with Crippen LogP contribution in [0.15, 0.2) is 23.1 Å². The maximum absolute atomic E-state index is 5.42. The molecule has 0 saturated heterocycles. The fourth-order valence-corrected chi connectivity index (χ4v) is 1.61. The highest BCUT2D eigenvalue weighted by Crippen LogP contribution is 2.05. The van der Waals surface area contributed by atoms with E-state index in [1.807, 2.05) is 24.0 Å². The SMILES string of the molecule is CCCNCc1cn(Cc2ncc(C)o2)cn1. The van der Waals surface area contributed by atoms with E-state index in [4.69, 9.17) is 4.42 Å². The summed E-state index contributed by atoms with van der Waals surface area (Å²) < 4.78 is 7.40. The van der Waals surface area contributed by atoms with E-state index < -0.39 is 0 Å². The molecule has 0 radical (unpaired) electrons. The van der Waals surface area contributed by atoms with Gasteiger partial charge in [-0.3, -0.25) is 0 Å². The first-order valence-corrected chi connectivity index (χ1v) is 5.90. The molecular formula is C12H18N4O. The van der Waals surface area contributed by atoms with Crippen LogP contribution in [0.25, 0.3) is 0 Å². The van der Waals surface area contributed by atoms with Crippen molar-refractivity contribution < 1.29 is 4.42 Å². The predicted molar refractivity (Wildman–Crippen MR) is 64.6 cm³/mol. The number of hydrogen-bond acceptors (Lipinski definition) is 4. The molecule has 0 aliphatic carbocycles. The Morgan fingerprint density at radius 1 is 1.41 bits per heavy atom. The molecule has 2 aromatic heterocycles. The molecule has 5 heteroatoms. The molecule has 0 unspecified atom stereocenters. The Morgan fingerprint density at radius 2 is 2.29 bits per heavy atom. The Labute approximate surface area is 101 Å². The second-order valence-corrected chi connectivity index (χ2v) is 4.08. The lowest BCUT2D eigenvalue weighted by Crippen LogP contribution is -2.13. The summed E-state index contributed by atoms with van der Waals surface area (Å²) >= 11 is 0. The fraction of sp³-hybridized carbons (Fsp3) is 0.500. The van der Waals surface area contributed by atoms with E-state index in [1.54, 1.807) is 6.20 Å². The molecule has 0 aromatic carbocycles. The van der Waals surface area contributed by atoms with Gasteiger partial charge < -0.3 is 14.3 Å². The zero-order chi connectivity index (χ0) is 12.1. The van der Waals surface area contributed by atoms with Gasteiger partial charge in [-0.1, -0.05) is 6.92 Å². The molecule has 2 heterocycles. The second-order valence-electron chi connectivity index (χ2n) is 4.08. The number of hydrogen-bond donors (Lipinski definition) is 1. The van der Waals surface area contributed by atoms with Crippen molar-refractivity contribution in [3.05, 3.63) is 36.1 Å². The number of rotatable bonds is 6. The van der Waals surface area contributed by atoms with E-state index in [-0.39, 0.29) is 0 Å². The lowest BCUT2D eigenvalue weighted by atomic mass is 10.4. The molecule has 0 aliphatic heterocycles. The van der Waals surface area contributed by atoms with Crippen LogP contribution < -0.4 is 5.32 Å². The summed E-state index contributed by atoms with van der Waals surface area (Å²) in [4.78, 5) is 8.49. The highest BCUT2D eigenvalue weighted by atomic mass is 16.4. The van der Waals surface area contributed by atoms with Crippen LogP contribution >= 0.6 is 0 Å². The minimum atomic E-state index is 0.634. The molecule has 5 nitrogen and oxygen atoms in total. The third kappa shape index (κ3) is 3.42. The number of oxazole rings is 1. The molecule has 2 aromatic rings. The molecule has 0 amide bonds. The van der Waals surface area contributed by atoms with Gasteiger partial charge in [0, 0.05) is 12.7 Å². The fourth-order valence-electron chi connectivity index (χ4n) is 1.61. The molecule has 0 fully saturated rings. The van der Waals surface area contributed by atoms with Crippen molar-refractivity contribution in [2.24, 2.45) is 0 Å². The van der Waals surface area contributed by atoms with Gasteiger partial charge in [0.05, 0.1) is 18.2 Å². The summed E-state index contributed by atoms with van der Waals surface area (Å²) in [7, 11) is 0. The Morgan fingerprint density at radius 3 is 3.00 bits per heavy atom. The van der Waals surface area contributed by atoms with Crippen molar-refractivity contribution in [2.45, 2.75) is 33.4 Å². The number of imidazole rings is 1. The van der Waals surface area contributed by atoms with Gasteiger partial charge in [0.2, 0.25) is 5.89 Å². The lowest BCUT2D eigenvalue weighted by molar-refractivity contribution is 0.457. The molecule has 0 spiro atoms. The maximum atomic E-state index is 5.42. The van der Waals surface area contributed by atoms with Crippen molar-refractivity contribution >= 4 is 0 Å². The highest BCUT2D eigenvalue weighted by molar-refractivity contribution is 4.99. The van der Waals surface area contributed by atoms with Crippen LogP contribution in [0.3, 0.4) is 0 Å². The Bertz CT molecular complexity index is 461. The van der Waals surface area contributed by atoms with Gasteiger partial charge in [-0.2, -0.15) is 0 Å². The third-order valence-electron chi connectivity index (χ3n) is 2.41. The number of nitrogens with zero attached hydrogens (tertiary/aromatic N) is 3. The Kier molecular flexibility index (Phi) is 3.93. The highest BCUT2D eigenvalue weighted by Gasteiger charge is 2.03. The number of nitrogens with one attached hydrogen (secondary N) is 1. The van der Waals surface area contributed by atoms with Crippen LogP contribution in [0.5, 0.6) is 0 Å². The zero-order valence-electron chi connectivity index (χ0n) is 10.3. The number of aryl methyl sites for hydroxylation is 1. The lowest BCUT2D eigenvalue weighted by Gasteiger charge is -1.98. The van der Waals surface area contributed by atoms with Gasteiger partial charge in [0.1, 0.15) is 12.3 Å². The van der Waals surface area contributed by atoms with E-state index in [1.165, 1.54) is 0 Å². The zero-order valence-corrected chi connectivity index (χ0v) is 10.3. The normalized spacial score (nSPS) is 10.9. The predicted octanol–water partition coefficient (Wildman–Crippen LogP) is 1.73. The molecule has 1 N–H and O–H groups in total. The quantitative estimate of drug-likeness (QED) is 0.773. The maximum Gasteiger partial charge on any atom is 0.214 e. The first-order chi connectivity index (χ1) is 8.28. The van der Waals surface area contributed by atoms with Gasteiger partial charge >= 0.3 is 0 Å². The molecule has 0 bridgehead atoms. The van der Waals surface area contributed by atoms with Gasteiger partial charge in [0.25, 0.3) is 0 Å². The van der Waals surface area contributed by atoms with Gasteiger partial charge in [0.15, 0.2) is 0 Å². The molecular weight excluding hydrogens is 216 g/mol. The van der Waals surface area contributed by atoms with E-state index in [0.717, 1.165) is 31.0 Å². The average Bonchev–Trinajstić information content (AvgIpc) is 2.90. The van der Waals surface area contributed by atoms with E-state index in [2.05, 4.69) is 22.2 Å². The van der Waals surface area contributed by atoms with Crippen molar-refractivity contribution in [1.82, 2.24) is 19.9 Å². The molecule has 0 aliphatic rings. The van der Waals surface area contributed by atoms with Gasteiger partial charge in [-0.15, -0.1) is 0 Å². The van der Waals surface area contributed by atoms with Crippen molar-refractivity contribution in [3.63, 3.8) is 0 Å². The summed E-state index contributed by atoms with van der Waals surface area (Å²) in [5, 5.41) is 3.32. The van der Waals surface area contributed by atoms with Crippen LogP contribution in [0, 0.1) is 6.92 Å². The Hall–Kier alpha value is -1.62. The summed E-state index contributed by atoms with van der Waals surface area (Å²) in [6, 6.07) is 0. The van der Waals surface area contributed by atoms with Crippen LogP contribution in [0.2, 0.25) is 0 Å². The third-order valence-corrected chi connectivity index (χ3v) is 2.41. The smallest absolute Gasteiger partial charge is 0.214 e. The minimum Gasteiger partial charge on any atom is -0.444 e. The molecule has 0 atom stereocenters. The summed E-state index contributed by atoms with van der Waals surface area (Å²) in [6.45, 7) is 6.51. The molecule has 2 rings (SSSR count). The van der Waals surface area contributed by atoms with E-state index in [0.29, 0.717) is 12.4 Å². The standard InChI is InChI=1S/C12H18N4O/c1-3-4-13-6-11-7-16(9-15-11)8-12-14-5-10(2)17-12/h5,7,9,13H,3-4,6,8H2,1-2H3. The minimum absolute atomic E-state index is 0.634. The largest absolute Gasteiger partial charge is 0.444 e. The van der Waals surface area contributed by atoms with Crippen LogP contribution in [-0.4, -0.2) is 21.1 Å². The molecule has 92 valence electrons. The first kappa shape index (κ1) is 11.9. The van der Waals surface area contributed by atoms with Gasteiger partial charge in [-0.05, 0) is 19.9 Å². The summed E-state index contributed by atoms with van der Waals surface area (Å²) in [6.07, 6.45) is 6.69. The monoisotopic (exact) mass is 234 g/mol. The Balaban J connectivity index is 1.89. The summed E-state index contributed by atoms with van der Waals surface area (Å²) in [5.41, 5.74) is 1.04.